The van der Waals surface area contributed by atoms with Gasteiger partial charge >= 0.3 is 6.09 Å². The molecule has 0 aliphatic carbocycles. The van der Waals surface area contributed by atoms with Crippen LogP contribution in [0.3, 0.4) is 0 Å². The van der Waals surface area contributed by atoms with Crippen molar-refractivity contribution in [2.24, 2.45) is 0 Å². The van der Waals surface area contributed by atoms with Crippen LogP contribution in [0.1, 0.15) is 0 Å². The largest absolute Gasteiger partial charge is 0.425 e. The number of carbonyl (C=O) groups is 1. The number of ether oxygens (including phenoxy) is 1. The molecule has 0 saturated carbocycles. The number of hydrogen-bond acceptors (Lipinski definition) is 6. The van der Waals surface area contributed by atoms with Gasteiger partial charge in [-0.25, -0.2) is 4.79 Å². The van der Waals surface area contributed by atoms with Gasteiger partial charge in [0.2, 0.25) is 0 Å². The Kier molecular flexibility index (Phi) is 10.4. The molecule has 0 spiro atoms. The van der Waals surface area contributed by atoms with Crippen LogP contribution in [0.5, 0.6) is 0 Å². The van der Waals surface area contributed by atoms with E-state index in [2.05, 4.69) is 60.6 Å². The molecule has 0 aliphatic rings. The molecular formula is C3H7CuNO2S4. The van der Waals surface area contributed by atoms with Crippen LogP contribution in [0.25, 0.3) is 0 Å². The van der Waals surface area contributed by atoms with Crippen LogP contribution >= 0.6 is 50.5 Å². The first-order valence-electron chi connectivity index (χ1n) is 2.22. The van der Waals surface area contributed by atoms with Crippen molar-refractivity contribution in [2.75, 3.05) is 0 Å². The van der Waals surface area contributed by atoms with Gasteiger partial charge in [-0.1, -0.05) is 0 Å². The average molecular weight is 281 g/mol. The number of amides is 1. The molecule has 0 aromatic heterocycles. The van der Waals surface area contributed by atoms with Gasteiger partial charge in [-0.15, -0.1) is 50.5 Å². The molecule has 1 radical (unpaired) electrons. The van der Waals surface area contributed by atoms with E-state index < -0.39 is 15.6 Å². The number of nitrogens with one attached hydrogen (secondary N) is 1. The molecule has 3 nitrogen and oxygen atoms in total. The third-order valence-electron chi connectivity index (χ3n) is 0.459. The summed E-state index contributed by atoms with van der Waals surface area (Å²) in [7, 11) is 0. The normalized spacial score (nSPS) is 9.27. The van der Waals surface area contributed by atoms with Crippen LogP contribution < -0.4 is 5.32 Å². The predicted molar refractivity (Wildman–Crippen MR) is 53.1 cm³/mol. The summed E-state index contributed by atoms with van der Waals surface area (Å²) in [5.74, 6) is 0. The van der Waals surface area contributed by atoms with Crippen LogP contribution in [0, 0.1) is 0 Å². The molecule has 0 heterocycles. The molecule has 71 valence electrons. The van der Waals surface area contributed by atoms with Gasteiger partial charge in [-0.2, -0.15) is 0 Å². The molecule has 0 rings (SSSR count). The molecule has 0 bridgehead atoms. The van der Waals surface area contributed by atoms with E-state index in [0.717, 1.165) is 0 Å². The third-order valence-corrected chi connectivity index (χ3v) is 0.928. The Hall–Kier alpha value is 1.19. The second-order valence-corrected chi connectivity index (χ2v) is 4.04. The molecule has 11 heavy (non-hydrogen) atoms. The van der Waals surface area contributed by atoms with Crippen molar-refractivity contribution in [3.63, 3.8) is 0 Å². The second-order valence-electron chi connectivity index (χ2n) is 1.25. The molecule has 1 N–H and O–H groups in total. The monoisotopic (exact) mass is 280 g/mol. The Morgan fingerprint density at radius 3 is 2.00 bits per heavy atom. The standard InChI is InChI=1S/C3H7NO2S4.Cu/c5-1(4-2(7)8)6-3(9)10;/h2-3,7-10H,(H,4,5);. The first-order valence-corrected chi connectivity index (χ1v) is 4.28. The summed E-state index contributed by atoms with van der Waals surface area (Å²) in [5, 5.41) is 2.24. The fourth-order valence-corrected chi connectivity index (χ4v) is 0.637. The summed E-state index contributed by atoms with van der Waals surface area (Å²) in [6.45, 7) is 0. The Bertz CT molecular complexity index is 110. The van der Waals surface area contributed by atoms with Crippen LogP contribution in [0.4, 0.5) is 4.79 Å². The van der Waals surface area contributed by atoms with Crippen molar-refractivity contribution in [1.82, 2.24) is 5.32 Å². The maximum absolute atomic E-state index is 10.5. The van der Waals surface area contributed by atoms with Gasteiger partial charge in [0.05, 0.1) is 0 Å². The van der Waals surface area contributed by atoms with Crippen molar-refractivity contribution in [3.8, 4) is 0 Å². The maximum atomic E-state index is 10.5. The summed E-state index contributed by atoms with van der Waals surface area (Å²) >= 11 is 14.9. The Morgan fingerprint density at radius 1 is 1.27 bits per heavy atom. The number of alkyl carbamates (subject to hydrolysis) is 1. The van der Waals surface area contributed by atoms with E-state index in [4.69, 9.17) is 0 Å². The fourth-order valence-electron chi connectivity index (χ4n) is 0.235. The SMILES string of the molecule is O=C(NC(S)S)OC(S)S.[Cu]. The van der Waals surface area contributed by atoms with E-state index in [1.54, 1.807) is 0 Å². The molecular weight excluding hydrogens is 274 g/mol. The van der Waals surface area contributed by atoms with Gasteiger partial charge in [-0.3, -0.25) is 0 Å². The number of hydrogen-bond donors (Lipinski definition) is 5. The molecule has 0 aliphatic heterocycles. The molecule has 0 aromatic rings. The quantitative estimate of drug-likeness (QED) is 0.297. The zero-order valence-corrected chi connectivity index (χ0v) is 9.58. The molecule has 0 aromatic carbocycles. The zero-order chi connectivity index (χ0) is 8.15. The number of thiol groups is 4. The zero-order valence-electron chi connectivity index (χ0n) is 5.06. The third kappa shape index (κ3) is 11.2. The van der Waals surface area contributed by atoms with E-state index in [0.29, 0.717) is 0 Å². The van der Waals surface area contributed by atoms with E-state index in [9.17, 15) is 4.79 Å². The van der Waals surface area contributed by atoms with Gasteiger partial charge in [0.25, 0.3) is 0 Å². The van der Waals surface area contributed by atoms with Crippen LogP contribution in [0.15, 0.2) is 0 Å². The molecule has 1 amide bonds. The minimum atomic E-state index is -0.722. The van der Waals surface area contributed by atoms with E-state index in [-0.39, 0.29) is 17.1 Å². The molecule has 0 atom stereocenters. The van der Waals surface area contributed by atoms with Gasteiger partial charge in [-0.05, 0) is 0 Å². The van der Waals surface area contributed by atoms with Crippen molar-refractivity contribution in [1.29, 1.82) is 0 Å². The molecule has 8 heteroatoms. The summed E-state index contributed by atoms with van der Waals surface area (Å²) in [6.07, 6.45) is -0.648. The van der Waals surface area contributed by atoms with Crippen molar-refractivity contribution >= 4 is 56.6 Å². The topological polar surface area (TPSA) is 38.3 Å². The predicted octanol–water partition coefficient (Wildman–Crippen LogP) is 0.996. The minimum Gasteiger partial charge on any atom is -0.425 e. The van der Waals surface area contributed by atoms with Crippen LogP contribution in [0.2, 0.25) is 0 Å². The van der Waals surface area contributed by atoms with Crippen molar-refractivity contribution in [2.45, 2.75) is 9.47 Å². The number of rotatable bonds is 2. The first kappa shape index (κ1) is 14.7. The fraction of sp³-hybridized carbons (Fsp3) is 0.667. The summed E-state index contributed by atoms with van der Waals surface area (Å²) in [4.78, 5) is 10.5. The molecule has 0 saturated heterocycles. The van der Waals surface area contributed by atoms with Gasteiger partial charge < -0.3 is 10.1 Å². The van der Waals surface area contributed by atoms with Gasteiger partial charge in [0, 0.05) is 17.1 Å². The number of carbonyl (C=O) groups excluding carboxylic acids is 1. The average Bonchev–Trinajstić information content (AvgIpc) is 1.58. The summed E-state index contributed by atoms with van der Waals surface area (Å²) in [5.41, 5.74) is 0. The first-order chi connectivity index (χ1) is 4.52. The van der Waals surface area contributed by atoms with Crippen LogP contribution in [-0.2, 0) is 21.8 Å². The van der Waals surface area contributed by atoms with E-state index in [1.807, 2.05) is 0 Å². The van der Waals surface area contributed by atoms with Crippen molar-refractivity contribution < 1.29 is 26.6 Å². The summed E-state index contributed by atoms with van der Waals surface area (Å²) < 4.78 is 3.19. The van der Waals surface area contributed by atoms with E-state index in [1.165, 1.54) is 0 Å². The van der Waals surface area contributed by atoms with Gasteiger partial charge in [0.1, 0.15) is 4.71 Å². The van der Waals surface area contributed by atoms with E-state index >= 15 is 0 Å². The summed E-state index contributed by atoms with van der Waals surface area (Å²) in [6, 6.07) is 0. The smallest absolute Gasteiger partial charge is 0.410 e. The minimum absolute atomic E-state index is 0. The Morgan fingerprint density at radius 2 is 1.73 bits per heavy atom. The Labute approximate surface area is 97.5 Å². The van der Waals surface area contributed by atoms with Crippen LogP contribution in [-0.4, -0.2) is 15.6 Å². The van der Waals surface area contributed by atoms with Gasteiger partial charge in [0.15, 0.2) is 4.77 Å². The maximum Gasteiger partial charge on any atom is 0.410 e. The Balaban J connectivity index is 0. The van der Waals surface area contributed by atoms with Crippen molar-refractivity contribution in [3.05, 3.63) is 0 Å². The second kappa shape index (κ2) is 7.82. The molecule has 0 unspecified atom stereocenters. The molecule has 0 fully saturated rings.